The zero-order valence-electron chi connectivity index (χ0n) is 21.3. The van der Waals surface area contributed by atoms with Crippen molar-refractivity contribution in [2.24, 2.45) is 0 Å². The Labute approximate surface area is 216 Å². The van der Waals surface area contributed by atoms with Gasteiger partial charge in [0.1, 0.15) is 23.3 Å². The molecule has 2 amide bonds. The van der Waals surface area contributed by atoms with Gasteiger partial charge >= 0.3 is 0 Å². The maximum absolute atomic E-state index is 13.8. The van der Waals surface area contributed by atoms with Gasteiger partial charge in [-0.3, -0.25) is 9.59 Å². The zero-order valence-corrected chi connectivity index (χ0v) is 21.3. The van der Waals surface area contributed by atoms with Gasteiger partial charge < -0.3 is 25.6 Å². The predicted molar refractivity (Wildman–Crippen MR) is 137 cm³/mol. The Morgan fingerprint density at radius 1 is 1.16 bits per heavy atom. The van der Waals surface area contributed by atoms with Crippen molar-refractivity contribution >= 4 is 11.8 Å². The van der Waals surface area contributed by atoms with E-state index in [9.17, 15) is 18.4 Å². The number of benzene rings is 2. The molecule has 2 heterocycles. The van der Waals surface area contributed by atoms with Gasteiger partial charge in [-0.15, -0.1) is 0 Å². The molecule has 0 aliphatic carbocycles. The number of carbonyl (C=O) groups is 2. The molecule has 0 bridgehead atoms. The topological polar surface area (TPSA) is 82.7 Å². The Balaban J connectivity index is 1.45. The maximum Gasteiger partial charge on any atom is 0.245 e. The van der Waals surface area contributed by atoms with Crippen LogP contribution < -0.4 is 16.0 Å². The Kier molecular flexibility index (Phi) is 9.23. The van der Waals surface area contributed by atoms with Crippen molar-refractivity contribution < 1.29 is 23.1 Å². The standard InChI is InChI=1S/C28H36F2N4O3/c1-2-3-13-37-28(21-7-9-22(29)10-8-21)17-34(18-28)27(36)25(15-20-5-4-6-23(30)14-20)33-26(35)12-11-24-16-31-19-32-24/h4-10,14,24-25,31-32H,2-3,11-13,15-19H2,1H3,(H,33,35)/t24?,25-/m1/s1. The molecular formula is C28H36F2N4O3. The van der Waals surface area contributed by atoms with Gasteiger partial charge in [-0.2, -0.15) is 0 Å². The van der Waals surface area contributed by atoms with E-state index in [4.69, 9.17) is 4.74 Å². The summed E-state index contributed by atoms with van der Waals surface area (Å²) >= 11 is 0. The third-order valence-electron chi connectivity index (χ3n) is 7.04. The molecule has 2 fully saturated rings. The van der Waals surface area contributed by atoms with Crippen LogP contribution in [0.15, 0.2) is 48.5 Å². The van der Waals surface area contributed by atoms with Gasteiger partial charge in [-0.05, 0) is 48.2 Å². The Morgan fingerprint density at radius 3 is 2.62 bits per heavy atom. The lowest BCUT2D eigenvalue weighted by Gasteiger charge is -2.51. The van der Waals surface area contributed by atoms with Gasteiger partial charge in [-0.25, -0.2) is 8.78 Å². The highest BCUT2D eigenvalue weighted by Crippen LogP contribution is 2.37. The number of likely N-dealkylation sites (tertiary alicyclic amines) is 1. The minimum absolute atomic E-state index is 0.183. The molecular weight excluding hydrogens is 478 g/mol. The molecule has 1 unspecified atom stereocenters. The second kappa shape index (κ2) is 12.6. The lowest BCUT2D eigenvalue weighted by molar-refractivity contribution is -0.175. The summed E-state index contributed by atoms with van der Waals surface area (Å²) < 4.78 is 33.6. The fourth-order valence-electron chi connectivity index (χ4n) is 4.88. The number of hydrogen-bond donors (Lipinski definition) is 3. The summed E-state index contributed by atoms with van der Waals surface area (Å²) in [6.07, 6.45) is 2.97. The zero-order chi connectivity index (χ0) is 26.3. The lowest BCUT2D eigenvalue weighted by atomic mass is 9.84. The van der Waals surface area contributed by atoms with E-state index in [2.05, 4.69) is 22.9 Å². The van der Waals surface area contributed by atoms with E-state index < -0.39 is 17.5 Å². The molecule has 0 saturated carbocycles. The molecule has 2 saturated heterocycles. The van der Waals surface area contributed by atoms with Crippen molar-refractivity contribution in [1.82, 2.24) is 20.9 Å². The summed E-state index contributed by atoms with van der Waals surface area (Å²) in [5.74, 6) is -1.18. The molecule has 9 heteroatoms. The van der Waals surface area contributed by atoms with Crippen molar-refractivity contribution in [2.75, 3.05) is 32.9 Å². The van der Waals surface area contributed by atoms with E-state index >= 15 is 0 Å². The molecule has 7 nitrogen and oxygen atoms in total. The molecule has 0 aromatic heterocycles. The second-order valence-corrected chi connectivity index (χ2v) is 9.92. The van der Waals surface area contributed by atoms with Crippen LogP contribution in [0.4, 0.5) is 8.78 Å². The van der Waals surface area contributed by atoms with Crippen LogP contribution in [0.25, 0.3) is 0 Å². The monoisotopic (exact) mass is 514 g/mol. The number of unbranched alkanes of at least 4 members (excludes halogenated alkanes) is 1. The van der Waals surface area contributed by atoms with E-state index in [1.165, 1.54) is 24.3 Å². The van der Waals surface area contributed by atoms with Gasteiger partial charge in [0, 0.05) is 38.7 Å². The SMILES string of the molecule is CCCCOC1(c2ccc(F)cc2)CN(C(=O)[C@@H](Cc2cccc(F)c2)NC(=O)CCC2CNCN2)C1. The van der Waals surface area contributed by atoms with Crippen LogP contribution in [0.5, 0.6) is 0 Å². The van der Waals surface area contributed by atoms with E-state index in [0.717, 1.165) is 31.6 Å². The fraction of sp³-hybridized carbons (Fsp3) is 0.500. The Morgan fingerprint density at radius 2 is 1.95 bits per heavy atom. The first-order chi connectivity index (χ1) is 17.9. The Bertz CT molecular complexity index is 1050. The van der Waals surface area contributed by atoms with Crippen LogP contribution in [-0.2, 0) is 26.3 Å². The average molecular weight is 515 g/mol. The predicted octanol–water partition coefficient (Wildman–Crippen LogP) is 2.85. The van der Waals surface area contributed by atoms with Gasteiger partial charge in [0.05, 0.1) is 13.1 Å². The van der Waals surface area contributed by atoms with Crippen LogP contribution in [-0.4, -0.2) is 61.7 Å². The summed E-state index contributed by atoms with van der Waals surface area (Å²) in [6, 6.07) is 11.6. The van der Waals surface area contributed by atoms with Gasteiger partial charge in [0.25, 0.3) is 0 Å². The molecule has 200 valence electrons. The third-order valence-corrected chi connectivity index (χ3v) is 7.04. The number of ether oxygens (including phenoxy) is 1. The van der Waals surface area contributed by atoms with Crippen LogP contribution in [0, 0.1) is 11.6 Å². The van der Waals surface area contributed by atoms with Crippen LogP contribution in [0.2, 0.25) is 0 Å². The van der Waals surface area contributed by atoms with Crippen LogP contribution in [0.1, 0.15) is 43.7 Å². The number of carbonyl (C=O) groups excluding carboxylic acids is 2. The Hall–Kier alpha value is -2.88. The maximum atomic E-state index is 13.8. The number of rotatable bonds is 12. The number of amides is 2. The molecule has 0 radical (unpaired) electrons. The normalized spacial score (nSPS) is 19.3. The summed E-state index contributed by atoms with van der Waals surface area (Å²) in [7, 11) is 0. The third kappa shape index (κ3) is 7.12. The molecule has 2 aromatic rings. The quantitative estimate of drug-likeness (QED) is 0.380. The first kappa shape index (κ1) is 27.2. The van der Waals surface area contributed by atoms with Crippen LogP contribution in [0.3, 0.4) is 0 Å². The molecule has 2 atom stereocenters. The van der Waals surface area contributed by atoms with Crippen molar-refractivity contribution in [3.05, 3.63) is 71.3 Å². The van der Waals surface area contributed by atoms with Crippen molar-refractivity contribution in [3.63, 3.8) is 0 Å². The number of nitrogens with one attached hydrogen (secondary N) is 3. The number of hydrogen-bond acceptors (Lipinski definition) is 5. The molecule has 2 aliphatic heterocycles. The molecule has 2 aromatic carbocycles. The van der Waals surface area contributed by atoms with E-state index in [1.54, 1.807) is 29.2 Å². The first-order valence-electron chi connectivity index (χ1n) is 13.1. The summed E-state index contributed by atoms with van der Waals surface area (Å²) in [5, 5.41) is 9.36. The van der Waals surface area contributed by atoms with Gasteiger partial charge in [0.2, 0.25) is 11.8 Å². The lowest BCUT2D eigenvalue weighted by Crippen LogP contribution is -2.66. The van der Waals surface area contributed by atoms with Gasteiger partial charge in [0.15, 0.2) is 0 Å². The molecule has 0 spiro atoms. The van der Waals surface area contributed by atoms with E-state index in [1.807, 2.05) is 0 Å². The summed E-state index contributed by atoms with van der Waals surface area (Å²) in [5.41, 5.74) is 0.731. The van der Waals surface area contributed by atoms with Crippen LogP contribution >= 0.6 is 0 Å². The molecule has 2 aliphatic rings. The van der Waals surface area contributed by atoms with Crippen molar-refractivity contribution in [2.45, 2.75) is 56.7 Å². The molecule has 3 N–H and O–H groups in total. The largest absolute Gasteiger partial charge is 0.367 e. The fourth-order valence-corrected chi connectivity index (χ4v) is 4.88. The van der Waals surface area contributed by atoms with Crippen molar-refractivity contribution in [3.8, 4) is 0 Å². The summed E-state index contributed by atoms with van der Waals surface area (Å²) in [4.78, 5) is 28.0. The minimum Gasteiger partial charge on any atom is -0.367 e. The average Bonchev–Trinajstić information content (AvgIpc) is 3.38. The van der Waals surface area contributed by atoms with E-state index in [-0.39, 0.29) is 36.5 Å². The highest BCUT2D eigenvalue weighted by atomic mass is 19.1. The van der Waals surface area contributed by atoms with E-state index in [0.29, 0.717) is 31.7 Å². The second-order valence-electron chi connectivity index (χ2n) is 9.92. The highest BCUT2D eigenvalue weighted by Gasteiger charge is 2.49. The highest BCUT2D eigenvalue weighted by molar-refractivity contribution is 5.88. The smallest absolute Gasteiger partial charge is 0.245 e. The number of nitrogens with zero attached hydrogens (tertiary/aromatic N) is 1. The molecule has 37 heavy (non-hydrogen) atoms. The van der Waals surface area contributed by atoms with Gasteiger partial charge in [-0.1, -0.05) is 37.6 Å². The summed E-state index contributed by atoms with van der Waals surface area (Å²) in [6.45, 7) is 4.73. The first-order valence-corrected chi connectivity index (χ1v) is 13.1. The molecule has 4 rings (SSSR count). The number of halogens is 2. The van der Waals surface area contributed by atoms with Crippen molar-refractivity contribution in [1.29, 1.82) is 0 Å². The minimum atomic E-state index is -0.828.